The Balaban J connectivity index is 1.81. The largest absolute Gasteiger partial charge is 0.421 e. The van der Waals surface area contributed by atoms with Crippen LogP contribution in [0.15, 0.2) is 122 Å². The molecule has 10 heteroatoms. The summed E-state index contributed by atoms with van der Waals surface area (Å²) < 4.78 is 6.78. The number of thioether (sulfide) groups is 1. The molecule has 192 valence electrons. The molecule has 0 aliphatic rings. The molecule has 0 bridgehead atoms. The molecule has 0 fully saturated rings. The van der Waals surface area contributed by atoms with Gasteiger partial charge in [-0.25, -0.2) is 10.2 Å². The van der Waals surface area contributed by atoms with Gasteiger partial charge in [-0.05, 0) is 63.8 Å². The molecule has 0 radical (unpaired) electrons. The second kappa shape index (κ2) is 14.3. The lowest BCUT2D eigenvalue weighted by atomic mass is 10.2. The van der Waals surface area contributed by atoms with E-state index in [1.165, 1.54) is 24.1 Å². The Bertz CT molecular complexity index is 1420. The zero-order chi connectivity index (χ0) is 27.5. The number of amides is 2. The minimum Gasteiger partial charge on any atom is -0.421 e. The Morgan fingerprint density at radius 1 is 0.947 bits per heavy atom. The second-order valence-electron chi connectivity index (χ2n) is 7.39. The van der Waals surface area contributed by atoms with Crippen molar-refractivity contribution in [3.63, 3.8) is 0 Å². The quantitative estimate of drug-likeness (QED) is 0.0643. The molecule has 0 spiro atoms. The number of hydrogen-bond acceptors (Lipinski definition) is 6. The highest BCUT2D eigenvalue weighted by atomic mass is 79.9. The van der Waals surface area contributed by atoms with Gasteiger partial charge >= 0.3 is 5.97 Å². The SMILES string of the molecule is C=CSC(=C)/C=C(\NC(=O)c1ccccc1)C(=O)N/N=C/c1cc(Br)cc(Br)c1OC(=O)c1ccccc1. The molecule has 2 amide bonds. The van der Waals surface area contributed by atoms with E-state index in [0.717, 1.165) is 0 Å². The lowest BCUT2D eigenvalue weighted by Crippen LogP contribution is -2.33. The van der Waals surface area contributed by atoms with Gasteiger partial charge in [0, 0.05) is 20.5 Å². The molecule has 0 aromatic heterocycles. The van der Waals surface area contributed by atoms with Crippen molar-refractivity contribution >= 4 is 67.6 Å². The molecular weight excluding hydrogens is 634 g/mol. The molecule has 0 saturated carbocycles. The Kier molecular flexibility index (Phi) is 10.8. The van der Waals surface area contributed by atoms with Gasteiger partial charge in [0.2, 0.25) is 0 Å². The van der Waals surface area contributed by atoms with Crippen molar-refractivity contribution in [2.45, 2.75) is 0 Å². The second-order valence-corrected chi connectivity index (χ2v) is 10.3. The minimum absolute atomic E-state index is 0.0681. The predicted molar refractivity (Wildman–Crippen MR) is 158 cm³/mol. The Hall–Kier alpha value is -3.73. The highest BCUT2D eigenvalue weighted by Gasteiger charge is 2.17. The van der Waals surface area contributed by atoms with E-state index in [1.54, 1.807) is 78.2 Å². The molecule has 2 N–H and O–H groups in total. The standard InChI is InChI=1S/C28H21Br2N3O4S/c1-3-38-18(2)14-24(32-26(34)19-10-6-4-7-11-19)27(35)33-31-17-21-15-22(29)16-23(30)25(21)37-28(36)20-12-8-5-9-13-20/h3-17H,1-2H2,(H,32,34)(H,33,35)/b24-14-,31-17+. The zero-order valence-electron chi connectivity index (χ0n) is 19.8. The molecule has 0 saturated heterocycles. The summed E-state index contributed by atoms with van der Waals surface area (Å²) in [5.74, 6) is -1.50. The summed E-state index contributed by atoms with van der Waals surface area (Å²) in [4.78, 5) is 38.7. The highest BCUT2D eigenvalue weighted by Crippen LogP contribution is 2.32. The Morgan fingerprint density at radius 2 is 1.58 bits per heavy atom. The number of halogens is 2. The van der Waals surface area contributed by atoms with E-state index in [0.29, 0.717) is 30.5 Å². The van der Waals surface area contributed by atoms with Crippen molar-refractivity contribution in [1.82, 2.24) is 10.7 Å². The molecule has 3 rings (SSSR count). The number of nitrogens with zero attached hydrogens (tertiary/aromatic N) is 1. The maximum atomic E-state index is 12.9. The number of esters is 1. The number of hydrogen-bond donors (Lipinski definition) is 2. The van der Waals surface area contributed by atoms with E-state index >= 15 is 0 Å². The number of carbonyl (C=O) groups excluding carboxylic acids is 3. The van der Waals surface area contributed by atoms with Crippen molar-refractivity contribution in [3.8, 4) is 5.75 Å². The average molecular weight is 655 g/mol. The van der Waals surface area contributed by atoms with E-state index < -0.39 is 17.8 Å². The number of hydrazone groups is 1. The van der Waals surface area contributed by atoms with Gasteiger partial charge in [-0.3, -0.25) is 9.59 Å². The number of rotatable bonds is 10. The fraction of sp³-hybridized carbons (Fsp3) is 0. The molecule has 0 aliphatic heterocycles. The molecule has 7 nitrogen and oxygen atoms in total. The van der Waals surface area contributed by atoms with Crippen molar-refractivity contribution in [2.75, 3.05) is 0 Å². The molecule has 0 atom stereocenters. The van der Waals surface area contributed by atoms with E-state index in [2.05, 4.69) is 60.9 Å². The van der Waals surface area contributed by atoms with Gasteiger partial charge in [0.15, 0.2) is 5.75 Å². The molecule has 0 heterocycles. The average Bonchev–Trinajstić information content (AvgIpc) is 2.91. The van der Waals surface area contributed by atoms with Crippen LogP contribution in [0.1, 0.15) is 26.3 Å². The van der Waals surface area contributed by atoms with Gasteiger partial charge in [0.05, 0.1) is 16.3 Å². The van der Waals surface area contributed by atoms with Gasteiger partial charge in [0.25, 0.3) is 11.8 Å². The lowest BCUT2D eigenvalue weighted by molar-refractivity contribution is -0.117. The van der Waals surface area contributed by atoms with Crippen LogP contribution >= 0.6 is 43.6 Å². The van der Waals surface area contributed by atoms with Gasteiger partial charge in [-0.15, -0.1) is 0 Å². The molecule has 0 aliphatic carbocycles. The third-order valence-electron chi connectivity index (χ3n) is 4.68. The smallest absolute Gasteiger partial charge is 0.343 e. The van der Waals surface area contributed by atoms with Crippen LogP contribution in [0.5, 0.6) is 5.75 Å². The third-order valence-corrected chi connectivity index (χ3v) is 6.31. The zero-order valence-corrected chi connectivity index (χ0v) is 23.8. The number of carbonyl (C=O) groups is 3. The minimum atomic E-state index is -0.687. The van der Waals surface area contributed by atoms with Crippen molar-refractivity contribution in [2.24, 2.45) is 5.10 Å². The molecule has 0 unspecified atom stereocenters. The van der Waals surface area contributed by atoms with Crippen molar-refractivity contribution in [1.29, 1.82) is 0 Å². The summed E-state index contributed by atoms with van der Waals surface area (Å²) >= 11 is 7.99. The first-order valence-corrected chi connectivity index (χ1v) is 13.4. The summed E-state index contributed by atoms with van der Waals surface area (Å²) in [5, 5.41) is 8.15. The van der Waals surface area contributed by atoms with E-state index in [4.69, 9.17) is 4.74 Å². The molecule has 3 aromatic rings. The molecule has 3 aromatic carbocycles. The van der Waals surface area contributed by atoms with Gasteiger partial charge in [-0.1, -0.05) is 77.2 Å². The summed E-state index contributed by atoms with van der Waals surface area (Å²) in [6.45, 7) is 7.47. The predicted octanol–water partition coefficient (Wildman–Crippen LogP) is 6.59. The van der Waals surface area contributed by atoms with Gasteiger partial charge in [0.1, 0.15) is 5.70 Å². The van der Waals surface area contributed by atoms with Crippen LogP contribution in [0.3, 0.4) is 0 Å². The van der Waals surface area contributed by atoms with Crippen molar-refractivity contribution in [3.05, 3.63) is 134 Å². The third kappa shape index (κ3) is 8.41. The fourth-order valence-corrected chi connectivity index (χ4v) is 4.71. The Labute approximate surface area is 241 Å². The molecular formula is C28H21Br2N3O4S. The first-order valence-electron chi connectivity index (χ1n) is 10.9. The summed E-state index contributed by atoms with van der Waals surface area (Å²) in [6.07, 6.45) is 2.74. The van der Waals surface area contributed by atoms with Crippen LogP contribution in [-0.2, 0) is 4.79 Å². The van der Waals surface area contributed by atoms with Crippen LogP contribution in [-0.4, -0.2) is 24.0 Å². The summed E-state index contributed by atoms with van der Waals surface area (Å²) in [7, 11) is 0. The Morgan fingerprint density at radius 3 is 2.21 bits per heavy atom. The highest BCUT2D eigenvalue weighted by molar-refractivity contribution is 9.11. The number of ether oxygens (including phenoxy) is 1. The van der Waals surface area contributed by atoms with E-state index in [-0.39, 0.29) is 11.4 Å². The van der Waals surface area contributed by atoms with Gasteiger partial charge in [-0.2, -0.15) is 5.10 Å². The monoisotopic (exact) mass is 653 g/mol. The molecule has 38 heavy (non-hydrogen) atoms. The maximum Gasteiger partial charge on any atom is 0.343 e. The first-order chi connectivity index (χ1) is 18.3. The van der Waals surface area contributed by atoms with E-state index in [9.17, 15) is 14.4 Å². The summed E-state index contributed by atoms with van der Waals surface area (Å²) in [5.41, 5.74) is 3.47. The van der Waals surface area contributed by atoms with Gasteiger partial charge < -0.3 is 10.1 Å². The van der Waals surface area contributed by atoms with Crippen LogP contribution in [0.4, 0.5) is 0 Å². The van der Waals surface area contributed by atoms with E-state index in [1.807, 2.05) is 0 Å². The fourth-order valence-electron chi connectivity index (χ4n) is 2.97. The summed E-state index contributed by atoms with van der Waals surface area (Å²) in [6, 6.07) is 20.4. The maximum absolute atomic E-state index is 12.9. The number of benzene rings is 3. The van der Waals surface area contributed by atoms with Crippen LogP contribution in [0, 0.1) is 0 Å². The van der Waals surface area contributed by atoms with Crippen molar-refractivity contribution < 1.29 is 19.1 Å². The topological polar surface area (TPSA) is 96.9 Å². The van der Waals surface area contributed by atoms with Crippen LogP contribution in [0.2, 0.25) is 0 Å². The van der Waals surface area contributed by atoms with Crippen LogP contribution < -0.4 is 15.5 Å². The lowest BCUT2D eigenvalue weighted by Gasteiger charge is -2.11. The number of nitrogens with one attached hydrogen (secondary N) is 2. The first kappa shape index (κ1) is 28.8. The normalized spacial score (nSPS) is 11.1. The van der Waals surface area contributed by atoms with Crippen LogP contribution in [0.25, 0.3) is 0 Å². The number of allylic oxidation sites excluding steroid dienone is 1.